The molecule has 0 saturated carbocycles. The van der Waals surface area contributed by atoms with Crippen LogP contribution < -0.4 is 9.47 Å². The van der Waals surface area contributed by atoms with Crippen molar-refractivity contribution in [2.24, 2.45) is 5.92 Å². The normalized spacial score (nSPS) is 16.6. The Hall–Kier alpha value is -1.75. The van der Waals surface area contributed by atoms with Crippen molar-refractivity contribution in [1.82, 2.24) is 4.90 Å². The van der Waals surface area contributed by atoms with E-state index in [9.17, 15) is 9.90 Å². The maximum atomic E-state index is 12.2. The molecule has 1 aliphatic heterocycles. The monoisotopic (exact) mass is 293 g/mol. The Bertz CT molecular complexity index is 521. The molecule has 21 heavy (non-hydrogen) atoms. The highest BCUT2D eigenvalue weighted by Crippen LogP contribution is 2.30. The lowest BCUT2D eigenvalue weighted by molar-refractivity contribution is -0.163. The number of carbonyl (C=O) groups excluding carboxylic acids is 1. The minimum absolute atomic E-state index is 0.0209. The van der Waals surface area contributed by atoms with Crippen molar-refractivity contribution in [3.8, 4) is 11.5 Å². The van der Waals surface area contributed by atoms with Gasteiger partial charge in [0.2, 0.25) is 5.91 Å². The lowest BCUT2D eigenvalue weighted by Gasteiger charge is -2.49. The number of hydrogen-bond acceptors (Lipinski definition) is 4. The van der Waals surface area contributed by atoms with E-state index in [4.69, 9.17) is 9.47 Å². The second kappa shape index (κ2) is 5.93. The zero-order valence-electron chi connectivity index (χ0n) is 13.0. The quantitative estimate of drug-likeness (QED) is 0.893. The molecule has 1 N–H and O–H groups in total. The summed E-state index contributed by atoms with van der Waals surface area (Å²) >= 11 is 0. The van der Waals surface area contributed by atoms with Gasteiger partial charge < -0.3 is 19.5 Å². The summed E-state index contributed by atoms with van der Waals surface area (Å²) in [5, 5.41) is 10.2. The van der Waals surface area contributed by atoms with Crippen molar-refractivity contribution in [2.45, 2.75) is 25.9 Å². The van der Waals surface area contributed by atoms with E-state index in [0.717, 1.165) is 5.56 Å². The average Bonchev–Trinajstić information content (AvgIpc) is 2.43. The summed E-state index contributed by atoms with van der Waals surface area (Å²) in [5.41, 5.74) is 0.144. The third-order valence-corrected chi connectivity index (χ3v) is 4.16. The fourth-order valence-corrected chi connectivity index (χ4v) is 2.43. The molecule has 1 amide bonds. The van der Waals surface area contributed by atoms with Crippen LogP contribution in [0.2, 0.25) is 0 Å². The zero-order chi connectivity index (χ0) is 15.6. The third-order valence-electron chi connectivity index (χ3n) is 4.16. The molecule has 1 aliphatic rings. The summed E-state index contributed by atoms with van der Waals surface area (Å²) in [6.45, 7) is 4.76. The maximum absolute atomic E-state index is 12.2. The number of nitrogens with zero attached hydrogens (tertiary/aromatic N) is 1. The summed E-state index contributed by atoms with van der Waals surface area (Å²) < 4.78 is 10.4. The number of β-amino-alcohol motifs (C(OH)–C–C–N with tert-alkyl or cyclic N) is 1. The molecule has 5 nitrogen and oxygen atoms in total. The first-order valence-corrected chi connectivity index (χ1v) is 7.10. The maximum Gasteiger partial charge on any atom is 0.227 e. The predicted octanol–water partition coefficient (Wildman–Crippen LogP) is 1.48. The first kappa shape index (κ1) is 15.6. The van der Waals surface area contributed by atoms with Crippen LogP contribution in [-0.4, -0.2) is 48.8 Å². The Morgan fingerprint density at radius 2 is 1.90 bits per heavy atom. The first-order chi connectivity index (χ1) is 9.89. The van der Waals surface area contributed by atoms with Crippen molar-refractivity contribution < 1.29 is 19.4 Å². The number of hydrogen-bond donors (Lipinski definition) is 1. The first-order valence-electron chi connectivity index (χ1n) is 7.10. The van der Waals surface area contributed by atoms with Crippen LogP contribution in [0.1, 0.15) is 19.4 Å². The lowest BCUT2D eigenvalue weighted by atomic mass is 9.83. The van der Waals surface area contributed by atoms with Crippen molar-refractivity contribution in [3.05, 3.63) is 23.8 Å². The molecule has 1 fully saturated rings. The van der Waals surface area contributed by atoms with Crippen LogP contribution >= 0.6 is 0 Å². The smallest absolute Gasteiger partial charge is 0.227 e. The fourth-order valence-electron chi connectivity index (χ4n) is 2.43. The van der Waals surface area contributed by atoms with Gasteiger partial charge in [0.25, 0.3) is 0 Å². The molecule has 1 aromatic rings. The minimum Gasteiger partial charge on any atom is -0.493 e. The molecule has 0 spiro atoms. The van der Waals surface area contributed by atoms with Gasteiger partial charge >= 0.3 is 0 Å². The van der Waals surface area contributed by atoms with Crippen molar-refractivity contribution in [2.75, 3.05) is 27.3 Å². The van der Waals surface area contributed by atoms with E-state index in [1.807, 2.05) is 26.0 Å². The van der Waals surface area contributed by atoms with Crippen LogP contribution in [0, 0.1) is 5.92 Å². The van der Waals surface area contributed by atoms with E-state index in [1.165, 1.54) is 0 Å². The third kappa shape index (κ3) is 3.13. The predicted molar refractivity (Wildman–Crippen MR) is 79.6 cm³/mol. The van der Waals surface area contributed by atoms with Gasteiger partial charge in [0.15, 0.2) is 11.5 Å². The Morgan fingerprint density at radius 1 is 1.29 bits per heavy atom. The molecule has 2 rings (SSSR count). The van der Waals surface area contributed by atoms with E-state index in [1.54, 1.807) is 25.2 Å². The molecule has 5 heteroatoms. The Morgan fingerprint density at radius 3 is 2.43 bits per heavy atom. The van der Waals surface area contributed by atoms with Crippen LogP contribution in [0.5, 0.6) is 11.5 Å². The number of methoxy groups -OCH3 is 2. The molecule has 1 saturated heterocycles. The summed E-state index contributed by atoms with van der Waals surface area (Å²) in [6.07, 6.45) is 0.300. The van der Waals surface area contributed by atoms with Gasteiger partial charge in [0.1, 0.15) is 5.60 Å². The van der Waals surface area contributed by atoms with Crippen molar-refractivity contribution in [1.29, 1.82) is 0 Å². The highest BCUT2D eigenvalue weighted by atomic mass is 16.5. The molecule has 0 radical (unpaired) electrons. The lowest BCUT2D eigenvalue weighted by Crippen LogP contribution is -2.66. The van der Waals surface area contributed by atoms with Crippen LogP contribution in [0.15, 0.2) is 18.2 Å². The average molecular weight is 293 g/mol. The second-order valence-electron chi connectivity index (χ2n) is 5.87. The number of ether oxygens (including phenoxy) is 2. The van der Waals surface area contributed by atoms with Crippen LogP contribution in [0.25, 0.3) is 0 Å². The Kier molecular flexibility index (Phi) is 4.42. The number of amides is 1. The van der Waals surface area contributed by atoms with Crippen LogP contribution in [0.3, 0.4) is 0 Å². The van der Waals surface area contributed by atoms with Gasteiger partial charge in [-0.1, -0.05) is 19.9 Å². The van der Waals surface area contributed by atoms with E-state index >= 15 is 0 Å². The summed E-state index contributed by atoms with van der Waals surface area (Å²) in [6, 6.07) is 5.46. The molecule has 0 aromatic heterocycles. The SMILES string of the molecule is COc1ccc(CC(=O)N2CC(O)(C(C)C)C2)cc1OC. The topological polar surface area (TPSA) is 59.0 Å². The summed E-state index contributed by atoms with van der Waals surface area (Å²) in [4.78, 5) is 13.9. The summed E-state index contributed by atoms with van der Waals surface area (Å²) in [5.74, 6) is 1.44. The number of aliphatic hydroxyl groups is 1. The Labute approximate surface area is 125 Å². The van der Waals surface area contributed by atoms with Gasteiger partial charge in [-0.25, -0.2) is 0 Å². The van der Waals surface area contributed by atoms with Gasteiger partial charge in [-0.15, -0.1) is 0 Å². The summed E-state index contributed by atoms with van der Waals surface area (Å²) in [7, 11) is 3.15. The Balaban J connectivity index is 1.98. The largest absolute Gasteiger partial charge is 0.493 e. The molecule has 1 heterocycles. The molecule has 0 unspecified atom stereocenters. The molecule has 0 atom stereocenters. The van der Waals surface area contributed by atoms with E-state index in [-0.39, 0.29) is 11.8 Å². The number of likely N-dealkylation sites (tertiary alicyclic amines) is 1. The van der Waals surface area contributed by atoms with Crippen molar-refractivity contribution in [3.63, 3.8) is 0 Å². The van der Waals surface area contributed by atoms with Crippen LogP contribution in [0.4, 0.5) is 0 Å². The number of carbonyl (C=O) groups is 1. The highest BCUT2D eigenvalue weighted by Gasteiger charge is 2.45. The highest BCUT2D eigenvalue weighted by molar-refractivity contribution is 5.80. The standard InChI is InChI=1S/C16H23NO4/c1-11(2)16(19)9-17(10-16)15(18)8-12-5-6-13(20-3)14(7-12)21-4/h5-7,11,19H,8-10H2,1-4H3. The van der Waals surface area contributed by atoms with E-state index in [0.29, 0.717) is 31.0 Å². The second-order valence-corrected chi connectivity index (χ2v) is 5.87. The van der Waals surface area contributed by atoms with Gasteiger partial charge in [0, 0.05) is 0 Å². The minimum atomic E-state index is -0.729. The zero-order valence-corrected chi connectivity index (χ0v) is 13.0. The van der Waals surface area contributed by atoms with E-state index < -0.39 is 5.60 Å². The molecule has 1 aromatic carbocycles. The molecule has 0 aliphatic carbocycles. The van der Waals surface area contributed by atoms with Gasteiger partial charge in [-0.2, -0.15) is 0 Å². The fraction of sp³-hybridized carbons (Fsp3) is 0.562. The molecular formula is C16H23NO4. The van der Waals surface area contributed by atoms with E-state index in [2.05, 4.69) is 0 Å². The van der Waals surface area contributed by atoms with Gasteiger partial charge in [-0.05, 0) is 23.6 Å². The number of benzene rings is 1. The molecule has 0 bridgehead atoms. The van der Waals surface area contributed by atoms with Crippen LogP contribution in [-0.2, 0) is 11.2 Å². The van der Waals surface area contributed by atoms with Crippen molar-refractivity contribution >= 4 is 5.91 Å². The molecule has 116 valence electrons. The van der Waals surface area contributed by atoms with Gasteiger partial charge in [0.05, 0.1) is 33.7 Å². The number of rotatable bonds is 5. The van der Waals surface area contributed by atoms with Gasteiger partial charge in [-0.3, -0.25) is 4.79 Å². The molecular weight excluding hydrogens is 270 g/mol.